The van der Waals surface area contributed by atoms with Crippen LogP contribution in [-0.2, 0) is 14.8 Å². The molecule has 6 nitrogen and oxygen atoms in total. The van der Waals surface area contributed by atoms with Gasteiger partial charge in [-0.05, 0) is 48.0 Å². The van der Waals surface area contributed by atoms with Crippen molar-refractivity contribution in [2.45, 2.75) is 17.4 Å². The molecule has 0 heterocycles. The van der Waals surface area contributed by atoms with Crippen molar-refractivity contribution in [2.75, 3.05) is 19.5 Å². The van der Waals surface area contributed by atoms with Gasteiger partial charge >= 0.3 is 0 Å². The van der Waals surface area contributed by atoms with E-state index >= 15 is 0 Å². The van der Waals surface area contributed by atoms with E-state index in [1.165, 1.54) is 23.5 Å². The van der Waals surface area contributed by atoms with E-state index in [2.05, 4.69) is 5.32 Å². The summed E-state index contributed by atoms with van der Waals surface area (Å²) in [6.45, 7) is 0. The van der Waals surface area contributed by atoms with Crippen LogP contribution in [0.25, 0.3) is 0 Å². The van der Waals surface area contributed by atoms with Gasteiger partial charge in [-0.25, -0.2) is 8.42 Å². The number of amides is 1. The Balaban J connectivity index is 1.92. The molecular formula is C23H22Cl2N2O4S. The maximum Gasteiger partial charge on any atom is 0.243 e. The fourth-order valence-corrected chi connectivity index (χ4v) is 5.11. The zero-order valence-corrected chi connectivity index (χ0v) is 19.8. The van der Waals surface area contributed by atoms with Crippen LogP contribution in [0.5, 0.6) is 5.75 Å². The molecule has 0 radical (unpaired) electrons. The number of sulfonamides is 1. The van der Waals surface area contributed by atoms with Crippen molar-refractivity contribution in [1.82, 2.24) is 4.31 Å². The van der Waals surface area contributed by atoms with E-state index in [1.807, 2.05) is 0 Å². The molecule has 0 spiro atoms. The number of rotatable bonds is 8. The predicted octanol–water partition coefficient (Wildman–Crippen LogP) is 5.39. The number of hydrogen-bond donors (Lipinski definition) is 1. The third-order valence-electron chi connectivity index (χ3n) is 4.88. The zero-order valence-electron chi connectivity index (χ0n) is 17.5. The molecule has 0 aliphatic heterocycles. The smallest absolute Gasteiger partial charge is 0.243 e. The minimum Gasteiger partial charge on any atom is -0.497 e. The van der Waals surface area contributed by atoms with Gasteiger partial charge in [-0.2, -0.15) is 4.31 Å². The Morgan fingerprint density at radius 2 is 1.59 bits per heavy atom. The topological polar surface area (TPSA) is 75.7 Å². The molecule has 0 fully saturated rings. The molecule has 9 heteroatoms. The zero-order chi connectivity index (χ0) is 23.3. The summed E-state index contributed by atoms with van der Waals surface area (Å²) in [6.07, 6.45) is -0.126. The van der Waals surface area contributed by atoms with Crippen LogP contribution < -0.4 is 10.1 Å². The first-order chi connectivity index (χ1) is 15.2. The summed E-state index contributed by atoms with van der Waals surface area (Å²) in [6, 6.07) is 18.9. The first kappa shape index (κ1) is 24.1. The van der Waals surface area contributed by atoms with Crippen LogP contribution in [0.3, 0.4) is 0 Å². The first-order valence-corrected chi connectivity index (χ1v) is 11.8. The highest BCUT2D eigenvalue weighted by Crippen LogP contribution is 2.31. The summed E-state index contributed by atoms with van der Waals surface area (Å²) in [7, 11) is -0.851. The lowest BCUT2D eigenvalue weighted by molar-refractivity contribution is -0.117. The minimum atomic E-state index is -3.85. The van der Waals surface area contributed by atoms with E-state index in [4.69, 9.17) is 27.9 Å². The molecule has 1 N–H and O–H groups in total. The van der Waals surface area contributed by atoms with Gasteiger partial charge in [0.2, 0.25) is 15.9 Å². The Morgan fingerprint density at radius 3 is 2.16 bits per heavy atom. The van der Waals surface area contributed by atoms with Crippen molar-refractivity contribution in [3.8, 4) is 5.75 Å². The van der Waals surface area contributed by atoms with E-state index in [0.29, 0.717) is 27.0 Å². The minimum absolute atomic E-state index is 0.126. The van der Waals surface area contributed by atoms with Crippen LogP contribution in [0.4, 0.5) is 5.69 Å². The highest BCUT2D eigenvalue weighted by molar-refractivity contribution is 7.89. The average Bonchev–Trinajstić information content (AvgIpc) is 2.77. The average molecular weight is 493 g/mol. The Kier molecular flexibility index (Phi) is 7.79. The normalized spacial score (nSPS) is 12.4. The molecule has 0 bridgehead atoms. The van der Waals surface area contributed by atoms with Crippen LogP contribution >= 0.6 is 23.2 Å². The summed E-state index contributed by atoms with van der Waals surface area (Å²) in [5.41, 5.74) is 1.07. The van der Waals surface area contributed by atoms with Crippen molar-refractivity contribution in [1.29, 1.82) is 0 Å². The van der Waals surface area contributed by atoms with Gasteiger partial charge in [0, 0.05) is 29.2 Å². The maximum absolute atomic E-state index is 13.2. The van der Waals surface area contributed by atoms with Gasteiger partial charge in [0.15, 0.2) is 0 Å². The SMILES string of the molecule is COc1ccc([C@@H](CC(=O)Nc2cc(Cl)cc(Cl)c2)N(C)S(=O)(=O)c2ccccc2)cc1. The number of hydrogen-bond acceptors (Lipinski definition) is 4. The second-order valence-electron chi connectivity index (χ2n) is 7.03. The predicted molar refractivity (Wildman–Crippen MR) is 127 cm³/mol. The lowest BCUT2D eigenvalue weighted by Gasteiger charge is -2.28. The molecular weight excluding hydrogens is 471 g/mol. The fourth-order valence-electron chi connectivity index (χ4n) is 3.22. The van der Waals surface area contributed by atoms with Crippen LogP contribution in [0.15, 0.2) is 77.7 Å². The lowest BCUT2D eigenvalue weighted by atomic mass is 10.0. The Hall–Kier alpha value is -2.58. The van der Waals surface area contributed by atoms with Gasteiger partial charge in [0.1, 0.15) is 5.75 Å². The van der Waals surface area contributed by atoms with Crippen molar-refractivity contribution in [3.63, 3.8) is 0 Å². The number of carbonyl (C=O) groups excluding carboxylic acids is 1. The summed E-state index contributed by atoms with van der Waals surface area (Å²) in [5, 5.41) is 3.49. The van der Waals surface area contributed by atoms with Gasteiger partial charge in [0.25, 0.3) is 0 Å². The monoisotopic (exact) mass is 492 g/mol. The molecule has 0 aromatic heterocycles. The number of halogens is 2. The van der Waals surface area contributed by atoms with Gasteiger partial charge in [-0.15, -0.1) is 0 Å². The van der Waals surface area contributed by atoms with Crippen molar-refractivity contribution < 1.29 is 17.9 Å². The quantitative estimate of drug-likeness (QED) is 0.457. The van der Waals surface area contributed by atoms with Crippen molar-refractivity contribution >= 4 is 44.8 Å². The second kappa shape index (κ2) is 10.4. The summed E-state index contributed by atoms with van der Waals surface area (Å²) < 4.78 is 32.9. The standard InChI is InChI=1S/C23H22Cl2N2O4S/c1-27(32(29,30)21-6-4-3-5-7-21)22(16-8-10-20(31-2)11-9-16)15-23(28)26-19-13-17(24)12-18(25)14-19/h3-14,22H,15H2,1-2H3,(H,26,28)/t22-/m1/s1. The molecule has 0 unspecified atom stereocenters. The van der Waals surface area contributed by atoms with E-state index in [9.17, 15) is 13.2 Å². The molecule has 1 atom stereocenters. The number of nitrogens with one attached hydrogen (secondary N) is 1. The third kappa shape index (κ3) is 5.81. The Bertz CT molecular complexity index is 1170. The molecule has 168 valence electrons. The van der Waals surface area contributed by atoms with Gasteiger partial charge in [-0.3, -0.25) is 4.79 Å². The van der Waals surface area contributed by atoms with Gasteiger partial charge in [-0.1, -0.05) is 53.5 Å². The highest BCUT2D eigenvalue weighted by atomic mass is 35.5. The van der Waals surface area contributed by atoms with E-state index in [-0.39, 0.29) is 17.2 Å². The van der Waals surface area contributed by atoms with Crippen molar-refractivity contribution in [2.24, 2.45) is 0 Å². The van der Waals surface area contributed by atoms with Gasteiger partial charge < -0.3 is 10.1 Å². The molecule has 0 saturated heterocycles. The number of carbonyl (C=O) groups is 1. The van der Waals surface area contributed by atoms with E-state index in [0.717, 1.165) is 0 Å². The molecule has 0 aliphatic rings. The Morgan fingerprint density at radius 1 is 1.00 bits per heavy atom. The number of ether oxygens (including phenoxy) is 1. The van der Waals surface area contributed by atoms with Gasteiger partial charge in [0.05, 0.1) is 18.0 Å². The number of anilines is 1. The molecule has 3 aromatic rings. The fraction of sp³-hybridized carbons (Fsp3) is 0.174. The van der Waals surface area contributed by atoms with Crippen LogP contribution in [0.2, 0.25) is 10.0 Å². The number of nitrogens with zero attached hydrogens (tertiary/aromatic N) is 1. The molecule has 1 amide bonds. The summed E-state index contributed by atoms with van der Waals surface area (Å²) in [5.74, 6) is 0.235. The first-order valence-electron chi connectivity index (χ1n) is 9.63. The summed E-state index contributed by atoms with van der Waals surface area (Å²) in [4.78, 5) is 13.0. The third-order valence-corrected chi connectivity index (χ3v) is 7.20. The molecule has 0 aliphatic carbocycles. The molecule has 32 heavy (non-hydrogen) atoms. The lowest BCUT2D eigenvalue weighted by Crippen LogP contribution is -2.33. The van der Waals surface area contributed by atoms with Crippen LogP contribution in [0.1, 0.15) is 18.0 Å². The Labute approximate surface area is 197 Å². The van der Waals surface area contributed by atoms with Crippen LogP contribution in [0, 0.1) is 0 Å². The van der Waals surface area contributed by atoms with E-state index < -0.39 is 16.1 Å². The maximum atomic E-state index is 13.2. The molecule has 0 saturated carbocycles. The second-order valence-corrected chi connectivity index (χ2v) is 9.90. The molecule has 3 aromatic carbocycles. The van der Waals surface area contributed by atoms with E-state index in [1.54, 1.807) is 67.8 Å². The largest absolute Gasteiger partial charge is 0.497 e. The van der Waals surface area contributed by atoms with Crippen LogP contribution in [-0.4, -0.2) is 32.8 Å². The number of methoxy groups -OCH3 is 1. The molecule has 3 rings (SSSR count). The summed E-state index contributed by atoms with van der Waals surface area (Å²) >= 11 is 12.0. The highest BCUT2D eigenvalue weighted by Gasteiger charge is 2.31. The van der Waals surface area contributed by atoms with Crippen molar-refractivity contribution in [3.05, 3.63) is 88.4 Å². The number of benzene rings is 3.